The van der Waals surface area contributed by atoms with Gasteiger partial charge in [0.1, 0.15) is 0 Å². The van der Waals surface area contributed by atoms with Gasteiger partial charge in [-0.05, 0) is 40.2 Å². The van der Waals surface area contributed by atoms with E-state index < -0.39 is 0 Å². The van der Waals surface area contributed by atoms with Crippen molar-refractivity contribution in [1.29, 1.82) is 0 Å². The minimum absolute atomic E-state index is 0.199. The average molecular weight is 280 g/mol. The maximum atomic E-state index is 6.02. The number of nitrogens with two attached hydrogens (primary N) is 1. The van der Waals surface area contributed by atoms with Crippen LogP contribution in [0.1, 0.15) is 50.9 Å². The fourth-order valence-electron chi connectivity index (χ4n) is 2.93. The molecule has 0 aromatic carbocycles. The highest BCUT2D eigenvalue weighted by molar-refractivity contribution is 5.07. The maximum absolute atomic E-state index is 6.02. The van der Waals surface area contributed by atoms with Gasteiger partial charge in [-0.1, -0.05) is 0 Å². The first-order valence-corrected chi connectivity index (χ1v) is 7.67. The topological polar surface area (TPSA) is 56.3 Å². The number of imidazole rings is 1. The van der Waals surface area contributed by atoms with Gasteiger partial charge < -0.3 is 15.0 Å². The lowest BCUT2D eigenvalue weighted by molar-refractivity contribution is -0.00832. The van der Waals surface area contributed by atoms with Crippen LogP contribution in [0.3, 0.4) is 0 Å². The summed E-state index contributed by atoms with van der Waals surface area (Å²) in [6.45, 7) is 6.77. The molecule has 5 nitrogen and oxygen atoms in total. The molecule has 114 valence electrons. The van der Waals surface area contributed by atoms with E-state index in [-0.39, 0.29) is 6.04 Å². The number of rotatable bonds is 6. The Hall–Kier alpha value is -0.910. The monoisotopic (exact) mass is 280 g/mol. The van der Waals surface area contributed by atoms with Gasteiger partial charge in [-0.2, -0.15) is 0 Å². The van der Waals surface area contributed by atoms with E-state index in [0.717, 1.165) is 19.6 Å². The third-order valence-corrected chi connectivity index (χ3v) is 4.11. The summed E-state index contributed by atoms with van der Waals surface area (Å²) in [5, 5.41) is 0. The molecular formula is C15H28N4O. The zero-order chi connectivity index (χ0) is 14.5. The molecule has 2 heterocycles. The van der Waals surface area contributed by atoms with Crippen LogP contribution in [0.5, 0.6) is 0 Å². The van der Waals surface area contributed by atoms with Crippen LogP contribution in [0.15, 0.2) is 12.5 Å². The predicted molar refractivity (Wildman–Crippen MR) is 80.6 cm³/mol. The largest absolute Gasteiger partial charge is 0.377 e. The van der Waals surface area contributed by atoms with Gasteiger partial charge in [0.25, 0.3) is 0 Å². The number of ether oxygens (including phenoxy) is 1. The minimum Gasteiger partial charge on any atom is -0.377 e. The van der Waals surface area contributed by atoms with Gasteiger partial charge in [0.15, 0.2) is 0 Å². The van der Waals surface area contributed by atoms with Gasteiger partial charge in [0.2, 0.25) is 0 Å². The van der Waals surface area contributed by atoms with Gasteiger partial charge in [-0.3, -0.25) is 4.90 Å². The van der Waals surface area contributed by atoms with Crippen molar-refractivity contribution in [3.8, 4) is 0 Å². The van der Waals surface area contributed by atoms with Crippen molar-refractivity contribution >= 4 is 0 Å². The molecule has 0 radical (unpaired) electrons. The van der Waals surface area contributed by atoms with E-state index in [4.69, 9.17) is 10.5 Å². The fourth-order valence-corrected chi connectivity index (χ4v) is 2.93. The summed E-state index contributed by atoms with van der Waals surface area (Å²) in [5.74, 6) is 0. The lowest BCUT2D eigenvalue weighted by atomic mass is 10.1. The first kappa shape index (κ1) is 15.5. The second kappa shape index (κ2) is 7.20. The van der Waals surface area contributed by atoms with E-state index in [2.05, 4.69) is 35.3 Å². The molecular weight excluding hydrogens is 252 g/mol. The zero-order valence-corrected chi connectivity index (χ0v) is 13.0. The lowest BCUT2D eigenvalue weighted by Gasteiger charge is -2.33. The van der Waals surface area contributed by atoms with Crippen LogP contribution in [0.25, 0.3) is 0 Å². The van der Waals surface area contributed by atoms with Crippen molar-refractivity contribution in [1.82, 2.24) is 14.5 Å². The number of likely N-dealkylation sites (N-methyl/N-ethyl adjacent to an activating group) is 1. The fraction of sp³-hybridized carbons (Fsp3) is 0.800. The van der Waals surface area contributed by atoms with E-state index in [0.29, 0.717) is 18.7 Å². The standard InChI is InChI=1S/C15H28N4O/c1-12(2)19-11-17-9-15(19)14(8-16)18(3)10-13-6-4-5-7-20-13/h9,11-14H,4-8,10,16H2,1-3H3. The molecule has 0 bridgehead atoms. The quantitative estimate of drug-likeness (QED) is 0.865. The van der Waals surface area contributed by atoms with Gasteiger partial charge >= 0.3 is 0 Å². The van der Waals surface area contributed by atoms with E-state index in [9.17, 15) is 0 Å². The molecule has 5 heteroatoms. The van der Waals surface area contributed by atoms with Crippen molar-refractivity contribution in [3.05, 3.63) is 18.2 Å². The molecule has 1 fully saturated rings. The van der Waals surface area contributed by atoms with Gasteiger partial charge in [-0.15, -0.1) is 0 Å². The van der Waals surface area contributed by atoms with Crippen LogP contribution in [0.4, 0.5) is 0 Å². The second-order valence-electron chi connectivity index (χ2n) is 6.00. The third kappa shape index (κ3) is 3.59. The van der Waals surface area contributed by atoms with E-state index >= 15 is 0 Å². The Kier molecular flexibility index (Phi) is 5.57. The van der Waals surface area contributed by atoms with E-state index in [1.165, 1.54) is 18.5 Å². The van der Waals surface area contributed by atoms with Crippen LogP contribution < -0.4 is 5.73 Å². The third-order valence-electron chi connectivity index (χ3n) is 4.11. The molecule has 1 aromatic rings. The van der Waals surface area contributed by atoms with E-state index in [1.54, 1.807) is 0 Å². The molecule has 1 aliphatic heterocycles. The lowest BCUT2D eigenvalue weighted by Crippen LogP contribution is -2.39. The van der Waals surface area contributed by atoms with Crippen molar-refractivity contribution < 1.29 is 4.74 Å². The summed E-state index contributed by atoms with van der Waals surface area (Å²) >= 11 is 0. The molecule has 2 N–H and O–H groups in total. The molecule has 2 unspecified atom stereocenters. The summed E-state index contributed by atoms with van der Waals surface area (Å²) in [7, 11) is 2.13. The zero-order valence-electron chi connectivity index (χ0n) is 13.0. The molecule has 0 aliphatic carbocycles. The summed E-state index contributed by atoms with van der Waals surface area (Å²) in [6, 6.07) is 0.603. The first-order valence-electron chi connectivity index (χ1n) is 7.67. The summed E-state index contributed by atoms with van der Waals surface area (Å²) in [5.41, 5.74) is 7.21. The molecule has 20 heavy (non-hydrogen) atoms. The Morgan fingerprint density at radius 2 is 2.30 bits per heavy atom. The number of hydrogen-bond donors (Lipinski definition) is 1. The smallest absolute Gasteiger partial charge is 0.0951 e. The molecule has 1 aliphatic rings. The Balaban J connectivity index is 2.04. The van der Waals surface area contributed by atoms with Crippen molar-refractivity contribution in [3.63, 3.8) is 0 Å². The Bertz CT molecular complexity index is 398. The van der Waals surface area contributed by atoms with Crippen molar-refractivity contribution in [2.24, 2.45) is 5.73 Å². The second-order valence-corrected chi connectivity index (χ2v) is 6.00. The van der Waals surface area contributed by atoms with Crippen LogP contribution in [0, 0.1) is 0 Å². The summed E-state index contributed by atoms with van der Waals surface area (Å²) in [6.07, 6.45) is 7.81. The van der Waals surface area contributed by atoms with Gasteiger partial charge in [-0.25, -0.2) is 4.98 Å². The normalized spacial score (nSPS) is 21.6. The van der Waals surface area contributed by atoms with Crippen LogP contribution in [0.2, 0.25) is 0 Å². The molecule has 1 aromatic heterocycles. The van der Waals surface area contributed by atoms with Gasteiger partial charge in [0.05, 0.1) is 24.2 Å². The Labute approximate surface area is 122 Å². The van der Waals surface area contributed by atoms with Crippen LogP contribution in [-0.2, 0) is 4.74 Å². The summed E-state index contributed by atoms with van der Waals surface area (Å²) < 4.78 is 8.04. The molecule has 0 saturated carbocycles. The average Bonchev–Trinajstić information content (AvgIpc) is 2.90. The number of hydrogen-bond acceptors (Lipinski definition) is 4. The molecule has 0 spiro atoms. The maximum Gasteiger partial charge on any atom is 0.0951 e. The van der Waals surface area contributed by atoms with E-state index in [1.807, 2.05) is 12.5 Å². The minimum atomic E-state index is 0.199. The SMILES string of the molecule is CC(C)n1cncc1C(CN)N(C)CC1CCCCO1. The Morgan fingerprint density at radius 3 is 2.90 bits per heavy atom. The molecule has 2 atom stereocenters. The van der Waals surface area contributed by atoms with Crippen molar-refractivity contribution in [2.75, 3.05) is 26.7 Å². The highest BCUT2D eigenvalue weighted by Crippen LogP contribution is 2.23. The molecule has 1 saturated heterocycles. The molecule has 0 amide bonds. The highest BCUT2D eigenvalue weighted by Gasteiger charge is 2.24. The van der Waals surface area contributed by atoms with Crippen molar-refractivity contribution in [2.45, 2.75) is 51.3 Å². The number of aromatic nitrogens is 2. The number of nitrogens with zero attached hydrogens (tertiary/aromatic N) is 3. The predicted octanol–water partition coefficient (Wildman–Crippen LogP) is 1.96. The molecule has 2 rings (SSSR count). The van der Waals surface area contributed by atoms with Gasteiger partial charge in [0, 0.05) is 31.9 Å². The summed E-state index contributed by atoms with van der Waals surface area (Å²) in [4.78, 5) is 6.60. The highest BCUT2D eigenvalue weighted by atomic mass is 16.5. The first-order chi connectivity index (χ1) is 9.63. The van der Waals surface area contributed by atoms with Crippen LogP contribution in [-0.4, -0.2) is 47.3 Å². The Morgan fingerprint density at radius 1 is 1.50 bits per heavy atom. The van der Waals surface area contributed by atoms with Crippen LogP contribution >= 0.6 is 0 Å².